The van der Waals surface area contributed by atoms with Gasteiger partial charge in [0.15, 0.2) is 10.8 Å². The number of thiocarbonyl (C=S) groups is 1. The molecule has 0 amide bonds. The molecular formula is C21H23N5O2S. The summed E-state index contributed by atoms with van der Waals surface area (Å²) in [5, 5.41) is 3.51. The highest BCUT2D eigenvalue weighted by Gasteiger charge is 2.21. The second-order valence-electron chi connectivity index (χ2n) is 6.45. The number of hydrogen-bond acceptors (Lipinski definition) is 4. The third kappa shape index (κ3) is 4.72. The smallest absolute Gasteiger partial charge is 0.330 e. The first-order valence-corrected chi connectivity index (χ1v) is 9.68. The number of nitrogen functional groups attached to an aromatic ring is 1. The van der Waals surface area contributed by atoms with Gasteiger partial charge in [-0.25, -0.2) is 4.79 Å². The maximum absolute atomic E-state index is 12.6. The van der Waals surface area contributed by atoms with E-state index >= 15 is 0 Å². The molecule has 0 bridgehead atoms. The van der Waals surface area contributed by atoms with Gasteiger partial charge >= 0.3 is 5.69 Å². The van der Waals surface area contributed by atoms with Gasteiger partial charge in [0, 0.05) is 13.1 Å². The Bertz CT molecular complexity index is 1090. The molecule has 0 spiro atoms. The first-order chi connectivity index (χ1) is 14.0. The van der Waals surface area contributed by atoms with E-state index in [1.54, 1.807) is 4.90 Å². The van der Waals surface area contributed by atoms with Crippen molar-refractivity contribution >= 4 is 28.8 Å². The van der Waals surface area contributed by atoms with Gasteiger partial charge in [-0.1, -0.05) is 60.7 Å². The molecule has 0 aliphatic carbocycles. The number of benzene rings is 2. The van der Waals surface area contributed by atoms with Crippen molar-refractivity contribution < 1.29 is 0 Å². The van der Waals surface area contributed by atoms with E-state index in [2.05, 4.69) is 10.3 Å². The van der Waals surface area contributed by atoms with Crippen molar-refractivity contribution in [2.45, 2.75) is 20.0 Å². The Labute approximate surface area is 173 Å². The minimum atomic E-state index is -0.567. The van der Waals surface area contributed by atoms with E-state index < -0.39 is 11.2 Å². The molecule has 0 atom stereocenters. The van der Waals surface area contributed by atoms with Crippen molar-refractivity contribution in [3.05, 3.63) is 92.6 Å². The lowest BCUT2D eigenvalue weighted by Crippen LogP contribution is -2.45. The molecule has 0 saturated carbocycles. The molecule has 0 fully saturated rings. The zero-order valence-corrected chi connectivity index (χ0v) is 16.9. The van der Waals surface area contributed by atoms with Gasteiger partial charge in [-0.05, 0) is 30.3 Å². The van der Waals surface area contributed by atoms with Crippen LogP contribution in [0.5, 0.6) is 0 Å². The summed E-state index contributed by atoms with van der Waals surface area (Å²) in [5.41, 5.74) is 7.26. The largest absolute Gasteiger partial charge is 0.383 e. The van der Waals surface area contributed by atoms with E-state index in [1.807, 2.05) is 67.6 Å². The fourth-order valence-electron chi connectivity index (χ4n) is 3.03. The molecule has 0 saturated heterocycles. The highest BCUT2D eigenvalue weighted by atomic mass is 32.1. The second-order valence-corrected chi connectivity index (χ2v) is 6.84. The monoisotopic (exact) mass is 409 g/mol. The highest BCUT2D eigenvalue weighted by molar-refractivity contribution is 7.80. The molecule has 3 rings (SSSR count). The molecular weight excluding hydrogens is 386 g/mol. The summed E-state index contributed by atoms with van der Waals surface area (Å²) in [4.78, 5) is 28.9. The zero-order chi connectivity index (χ0) is 20.8. The quantitative estimate of drug-likeness (QED) is 0.540. The summed E-state index contributed by atoms with van der Waals surface area (Å²) in [5.74, 6) is 0.0771. The summed E-state index contributed by atoms with van der Waals surface area (Å²) >= 11 is 5.50. The second kappa shape index (κ2) is 9.20. The molecule has 4 N–H and O–H groups in total. The van der Waals surface area contributed by atoms with Crippen LogP contribution in [0.3, 0.4) is 0 Å². The number of aromatic amines is 1. The fourth-order valence-corrected chi connectivity index (χ4v) is 3.33. The minimum absolute atomic E-state index is 0.0771. The average molecular weight is 410 g/mol. The molecule has 1 heterocycles. The maximum atomic E-state index is 12.6. The highest BCUT2D eigenvalue weighted by Crippen LogP contribution is 2.18. The van der Waals surface area contributed by atoms with Gasteiger partial charge in [-0.2, -0.15) is 0 Å². The van der Waals surface area contributed by atoms with E-state index in [1.165, 1.54) is 4.57 Å². The normalized spacial score (nSPS) is 10.5. The summed E-state index contributed by atoms with van der Waals surface area (Å²) in [6.07, 6.45) is 0. The van der Waals surface area contributed by atoms with E-state index in [-0.39, 0.29) is 18.1 Å². The predicted octanol–water partition coefficient (Wildman–Crippen LogP) is 2.07. The van der Waals surface area contributed by atoms with Crippen LogP contribution in [-0.4, -0.2) is 21.2 Å². The third-order valence-corrected chi connectivity index (χ3v) is 4.88. The van der Waals surface area contributed by atoms with Crippen LogP contribution < -0.4 is 27.2 Å². The molecule has 29 heavy (non-hydrogen) atoms. The Morgan fingerprint density at radius 1 is 1.07 bits per heavy atom. The third-order valence-electron chi connectivity index (χ3n) is 4.52. The van der Waals surface area contributed by atoms with Crippen LogP contribution in [0.4, 0.5) is 11.5 Å². The van der Waals surface area contributed by atoms with E-state index in [4.69, 9.17) is 18.0 Å². The SMILES string of the molecule is CCN(C(=S)NCc1ccccc1)c1c(N)n(Cc2ccccc2)c(=O)[nH]c1=O. The molecule has 8 heteroatoms. The van der Waals surface area contributed by atoms with Gasteiger partial charge in [0.25, 0.3) is 5.56 Å². The summed E-state index contributed by atoms with van der Waals surface area (Å²) in [7, 11) is 0. The van der Waals surface area contributed by atoms with Crippen LogP contribution in [0.25, 0.3) is 0 Å². The molecule has 2 aromatic carbocycles. The van der Waals surface area contributed by atoms with Crippen molar-refractivity contribution in [1.29, 1.82) is 0 Å². The number of anilines is 2. The Morgan fingerprint density at radius 3 is 2.24 bits per heavy atom. The Morgan fingerprint density at radius 2 is 1.66 bits per heavy atom. The van der Waals surface area contributed by atoms with Gasteiger partial charge in [-0.3, -0.25) is 14.3 Å². The van der Waals surface area contributed by atoms with Crippen LogP contribution in [0.1, 0.15) is 18.1 Å². The minimum Gasteiger partial charge on any atom is -0.383 e. The average Bonchev–Trinajstić information content (AvgIpc) is 2.74. The first-order valence-electron chi connectivity index (χ1n) is 9.27. The number of nitrogens with two attached hydrogens (primary N) is 1. The number of nitrogens with one attached hydrogen (secondary N) is 2. The van der Waals surface area contributed by atoms with Crippen molar-refractivity contribution in [2.75, 3.05) is 17.2 Å². The zero-order valence-electron chi connectivity index (χ0n) is 16.1. The van der Waals surface area contributed by atoms with Crippen molar-refractivity contribution in [3.8, 4) is 0 Å². The van der Waals surface area contributed by atoms with Gasteiger partial charge in [0.1, 0.15) is 5.82 Å². The van der Waals surface area contributed by atoms with Crippen LogP contribution in [0.15, 0.2) is 70.3 Å². The van der Waals surface area contributed by atoms with Crippen molar-refractivity contribution in [1.82, 2.24) is 14.9 Å². The maximum Gasteiger partial charge on any atom is 0.330 e. The molecule has 3 aromatic rings. The number of H-pyrrole nitrogens is 1. The lowest BCUT2D eigenvalue weighted by Gasteiger charge is -2.26. The Kier molecular flexibility index (Phi) is 6.46. The molecule has 0 radical (unpaired) electrons. The van der Waals surface area contributed by atoms with Crippen molar-refractivity contribution in [2.24, 2.45) is 0 Å². The van der Waals surface area contributed by atoms with Crippen LogP contribution >= 0.6 is 12.2 Å². The van der Waals surface area contributed by atoms with E-state index in [9.17, 15) is 9.59 Å². The fraction of sp³-hybridized carbons (Fsp3) is 0.190. The van der Waals surface area contributed by atoms with Gasteiger partial charge in [-0.15, -0.1) is 0 Å². The molecule has 0 unspecified atom stereocenters. The predicted molar refractivity (Wildman–Crippen MR) is 120 cm³/mol. The topological polar surface area (TPSA) is 96.2 Å². The van der Waals surface area contributed by atoms with Gasteiger partial charge in [0.2, 0.25) is 0 Å². The lowest BCUT2D eigenvalue weighted by atomic mass is 10.2. The Balaban J connectivity index is 1.90. The van der Waals surface area contributed by atoms with E-state index in [0.29, 0.717) is 18.2 Å². The van der Waals surface area contributed by atoms with E-state index in [0.717, 1.165) is 11.1 Å². The van der Waals surface area contributed by atoms with Crippen LogP contribution in [0.2, 0.25) is 0 Å². The Hall–Kier alpha value is -3.39. The number of hydrogen-bond donors (Lipinski definition) is 3. The summed E-state index contributed by atoms with van der Waals surface area (Å²) in [6.45, 7) is 3.04. The van der Waals surface area contributed by atoms with Crippen LogP contribution in [0, 0.1) is 0 Å². The molecule has 150 valence electrons. The molecule has 0 aliphatic rings. The standard InChI is InChI=1S/C21H23N5O2S/c1-2-25(21(29)23-13-15-9-5-3-6-10-15)17-18(22)26(20(28)24-19(17)27)14-16-11-7-4-8-12-16/h3-12H,2,13-14,22H2,1H3,(H,23,29)(H,24,27,28). The van der Waals surface area contributed by atoms with Gasteiger partial charge < -0.3 is 16.0 Å². The lowest BCUT2D eigenvalue weighted by molar-refractivity contribution is 0.729. The molecule has 1 aromatic heterocycles. The summed E-state index contributed by atoms with van der Waals surface area (Å²) in [6, 6.07) is 19.2. The number of rotatable bonds is 6. The number of nitrogens with zero attached hydrogens (tertiary/aromatic N) is 2. The van der Waals surface area contributed by atoms with Gasteiger partial charge in [0.05, 0.1) is 6.54 Å². The summed E-state index contributed by atoms with van der Waals surface area (Å²) < 4.78 is 1.34. The van der Waals surface area contributed by atoms with Crippen molar-refractivity contribution in [3.63, 3.8) is 0 Å². The molecule has 0 aliphatic heterocycles. The van der Waals surface area contributed by atoms with Crippen LogP contribution in [-0.2, 0) is 13.1 Å². The first kappa shape index (κ1) is 20.3. The number of aromatic nitrogens is 2. The molecule has 7 nitrogen and oxygen atoms in total.